The third kappa shape index (κ3) is 5.82. The van der Waals surface area contributed by atoms with Gasteiger partial charge in [0.25, 0.3) is 0 Å². The SMILES string of the molecule is CCCCNC(=O)CCNC(C)c1ccccc1. The molecule has 1 amide bonds. The van der Waals surface area contributed by atoms with Crippen LogP contribution in [-0.2, 0) is 4.79 Å². The van der Waals surface area contributed by atoms with Gasteiger partial charge < -0.3 is 10.6 Å². The lowest BCUT2D eigenvalue weighted by atomic mass is 10.1. The van der Waals surface area contributed by atoms with Gasteiger partial charge in [-0.15, -0.1) is 0 Å². The van der Waals surface area contributed by atoms with Gasteiger partial charge in [-0.3, -0.25) is 4.79 Å². The first-order chi connectivity index (χ1) is 8.74. The van der Waals surface area contributed by atoms with E-state index in [0.717, 1.165) is 19.4 Å². The Bertz CT molecular complexity index is 338. The molecule has 0 bridgehead atoms. The molecule has 18 heavy (non-hydrogen) atoms. The molecule has 100 valence electrons. The highest BCUT2D eigenvalue weighted by atomic mass is 16.1. The van der Waals surface area contributed by atoms with Gasteiger partial charge in [0, 0.05) is 25.6 Å². The Hall–Kier alpha value is -1.35. The van der Waals surface area contributed by atoms with Crippen LogP contribution >= 0.6 is 0 Å². The van der Waals surface area contributed by atoms with Crippen LogP contribution in [-0.4, -0.2) is 19.0 Å². The van der Waals surface area contributed by atoms with Crippen LogP contribution in [0.15, 0.2) is 30.3 Å². The van der Waals surface area contributed by atoms with Crippen LogP contribution in [0.1, 0.15) is 44.7 Å². The molecule has 0 saturated carbocycles. The van der Waals surface area contributed by atoms with Gasteiger partial charge >= 0.3 is 0 Å². The monoisotopic (exact) mass is 248 g/mol. The fourth-order valence-corrected chi connectivity index (χ4v) is 1.75. The molecule has 1 unspecified atom stereocenters. The van der Waals surface area contributed by atoms with Crippen molar-refractivity contribution < 1.29 is 4.79 Å². The summed E-state index contributed by atoms with van der Waals surface area (Å²) in [6, 6.07) is 10.6. The predicted octanol–water partition coefficient (Wildman–Crippen LogP) is 2.64. The van der Waals surface area contributed by atoms with Crippen molar-refractivity contribution in [2.45, 2.75) is 39.2 Å². The van der Waals surface area contributed by atoms with Gasteiger partial charge in [-0.1, -0.05) is 43.7 Å². The van der Waals surface area contributed by atoms with Gasteiger partial charge in [-0.25, -0.2) is 0 Å². The average molecular weight is 248 g/mol. The molecule has 0 heterocycles. The van der Waals surface area contributed by atoms with E-state index in [-0.39, 0.29) is 11.9 Å². The summed E-state index contributed by atoms with van der Waals surface area (Å²) in [6.07, 6.45) is 2.71. The normalized spacial score (nSPS) is 12.1. The second-order valence-corrected chi connectivity index (χ2v) is 4.54. The standard InChI is InChI=1S/C15H24N2O/c1-3-4-11-17-15(18)10-12-16-13(2)14-8-6-5-7-9-14/h5-9,13,16H,3-4,10-12H2,1-2H3,(H,17,18). The zero-order valence-electron chi connectivity index (χ0n) is 11.4. The summed E-state index contributed by atoms with van der Waals surface area (Å²) >= 11 is 0. The van der Waals surface area contributed by atoms with Gasteiger partial charge in [0.05, 0.1) is 0 Å². The van der Waals surface area contributed by atoms with E-state index in [1.165, 1.54) is 5.56 Å². The first-order valence-corrected chi connectivity index (χ1v) is 6.79. The Kier molecular flexibility index (Phi) is 7.11. The topological polar surface area (TPSA) is 41.1 Å². The van der Waals surface area contributed by atoms with Crippen LogP contribution in [0.2, 0.25) is 0 Å². The Balaban J connectivity index is 2.16. The summed E-state index contributed by atoms with van der Waals surface area (Å²) < 4.78 is 0. The molecule has 0 aromatic heterocycles. The van der Waals surface area contributed by atoms with E-state index in [1.807, 2.05) is 18.2 Å². The van der Waals surface area contributed by atoms with E-state index in [2.05, 4.69) is 36.6 Å². The molecule has 1 aromatic carbocycles. The lowest BCUT2D eigenvalue weighted by molar-refractivity contribution is -0.121. The molecule has 0 aliphatic rings. The Morgan fingerprint density at radius 1 is 1.22 bits per heavy atom. The minimum Gasteiger partial charge on any atom is -0.356 e. The van der Waals surface area contributed by atoms with Crippen molar-refractivity contribution in [3.8, 4) is 0 Å². The van der Waals surface area contributed by atoms with Crippen molar-refractivity contribution in [2.24, 2.45) is 0 Å². The maximum Gasteiger partial charge on any atom is 0.221 e. The summed E-state index contributed by atoms with van der Waals surface area (Å²) in [6.45, 7) is 5.75. The number of hydrogen-bond acceptors (Lipinski definition) is 2. The summed E-state index contributed by atoms with van der Waals surface area (Å²) in [5.74, 6) is 0.135. The molecule has 0 saturated heterocycles. The van der Waals surface area contributed by atoms with Gasteiger partial charge in [0.2, 0.25) is 5.91 Å². The van der Waals surface area contributed by atoms with Crippen LogP contribution in [0.3, 0.4) is 0 Å². The third-order valence-corrected chi connectivity index (χ3v) is 2.95. The number of rotatable bonds is 8. The highest BCUT2D eigenvalue weighted by Crippen LogP contribution is 2.10. The van der Waals surface area contributed by atoms with Crippen molar-refractivity contribution in [1.29, 1.82) is 0 Å². The molecule has 0 fully saturated rings. The summed E-state index contributed by atoms with van der Waals surface area (Å²) in [5.41, 5.74) is 1.25. The van der Waals surface area contributed by atoms with Gasteiger partial charge in [0.1, 0.15) is 0 Å². The van der Waals surface area contributed by atoms with Crippen LogP contribution in [0.25, 0.3) is 0 Å². The van der Waals surface area contributed by atoms with E-state index in [4.69, 9.17) is 0 Å². The summed E-state index contributed by atoms with van der Waals surface area (Å²) in [4.78, 5) is 11.5. The van der Waals surface area contributed by atoms with E-state index in [9.17, 15) is 4.79 Å². The van der Waals surface area contributed by atoms with E-state index < -0.39 is 0 Å². The van der Waals surface area contributed by atoms with Gasteiger partial charge in [-0.05, 0) is 18.9 Å². The quantitative estimate of drug-likeness (QED) is 0.694. The number of hydrogen-bond donors (Lipinski definition) is 2. The summed E-state index contributed by atoms with van der Waals surface area (Å²) in [5, 5.41) is 6.28. The van der Waals surface area contributed by atoms with E-state index in [0.29, 0.717) is 13.0 Å². The predicted molar refractivity (Wildman–Crippen MR) is 75.4 cm³/mol. The van der Waals surface area contributed by atoms with Gasteiger partial charge in [-0.2, -0.15) is 0 Å². The first-order valence-electron chi connectivity index (χ1n) is 6.79. The van der Waals surface area contributed by atoms with Crippen LogP contribution in [0.4, 0.5) is 0 Å². The van der Waals surface area contributed by atoms with Crippen molar-refractivity contribution in [3.63, 3.8) is 0 Å². The minimum absolute atomic E-state index is 0.135. The lowest BCUT2D eigenvalue weighted by Gasteiger charge is -2.13. The largest absolute Gasteiger partial charge is 0.356 e. The molecule has 0 aliphatic heterocycles. The molecular formula is C15H24N2O. The highest BCUT2D eigenvalue weighted by Gasteiger charge is 2.05. The van der Waals surface area contributed by atoms with Crippen LogP contribution in [0.5, 0.6) is 0 Å². The number of carbonyl (C=O) groups excluding carboxylic acids is 1. The molecule has 1 rings (SSSR count). The van der Waals surface area contributed by atoms with Gasteiger partial charge in [0.15, 0.2) is 0 Å². The number of unbranched alkanes of at least 4 members (excludes halogenated alkanes) is 1. The lowest BCUT2D eigenvalue weighted by Crippen LogP contribution is -2.29. The van der Waals surface area contributed by atoms with Crippen molar-refractivity contribution in [1.82, 2.24) is 10.6 Å². The fraction of sp³-hybridized carbons (Fsp3) is 0.533. The molecule has 0 radical (unpaired) electrons. The van der Waals surface area contributed by atoms with E-state index >= 15 is 0 Å². The number of amides is 1. The average Bonchev–Trinajstić information content (AvgIpc) is 2.40. The Morgan fingerprint density at radius 2 is 1.94 bits per heavy atom. The van der Waals surface area contributed by atoms with E-state index in [1.54, 1.807) is 0 Å². The van der Waals surface area contributed by atoms with Crippen LogP contribution in [0, 0.1) is 0 Å². The Morgan fingerprint density at radius 3 is 2.61 bits per heavy atom. The van der Waals surface area contributed by atoms with Crippen molar-refractivity contribution in [2.75, 3.05) is 13.1 Å². The number of carbonyl (C=O) groups is 1. The molecule has 1 aromatic rings. The second-order valence-electron chi connectivity index (χ2n) is 4.54. The number of nitrogens with one attached hydrogen (secondary N) is 2. The smallest absolute Gasteiger partial charge is 0.221 e. The zero-order chi connectivity index (χ0) is 13.2. The molecule has 3 nitrogen and oxygen atoms in total. The molecule has 1 atom stereocenters. The Labute approximate surface area is 110 Å². The molecular weight excluding hydrogens is 224 g/mol. The maximum atomic E-state index is 11.5. The third-order valence-electron chi connectivity index (χ3n) is 2.95. The first kappa shape index (κ1) is 14.7. The van der Waals surface area contributed by atoms with Crippen molar-refractivity contribution in [3.05, 3.63) is 35.9 Å². The molecule has 0 aliphatic carbocycles. The molecule has 2 N–H and O–H groups in total. The van der Waals surface area contributed by atoms with Crippen LogP contribution < -0.4 is 10.6 Å². The second kappa shape index (κ2) is 8.70. The van der Waals surface area contributed by atoms with Crippen molar-refractivity contribution >= 4 is 5.91 Å². The fourth-order valence-electron chi connectivity index (χ4n) is 1.75. The summed E-state index contributed by atoms with van der Waals surface area (Å²) in [7, 11) is 0. The highest BCUT2D eigenvalue weighted by molar-refractivity contribution is 5.75. The zero-order valence-corrected chi connectivity index (χ0v) is 11.4. The minimum atomic E-state index is 0.135. The maximum absolute atomic E-state index is 11.5. The molecule has 3 heteroatoms. The number of benzene rings is 1. The molecule has 0 spiro atoms.